The first-order chi connectivity index (χ1) is 8.63. The summed E-state index contributed by atoms with van der Waals surface area (Å²) in [4.78, 5) is 0. The van der Waals surface area contributed by atoms with Gasteiger partial charge in [-0.1, -0.05) is 19.9 Å². The van der Waals surface area contributed by atoms with Gasteiger partial charge in [0.15, 0.2) is 0 Å². The van der Waals surface area contributed by atoms with Crippen molar-refractivity contribution in [1.29, 1.82) is 0 Å². The maximum atomic E-state index is 5.92. The van der Waals surface area contributed by atoms with Crippen molar-refractivity contribution < 1.29 is 4.74 Å². The van der Waals surface area contributed by atoms with Gasteiger partial charge in [0.2, 0.25) is 0 Å². The topological polar surface area (TPSA) is 47.3 Å². The van der Waals surface area contributed by atoms with Crippen molar-refractivity contribution in [3.8, 4) is 5.75 Å². The molecule has 0 radical (unpaired) electrons. The van der Waals surface area contributed by atoms with Gasteiger partial charge in [-0.25, -0.2) is 0 Å². The molecule has 1 aromatic rings. The Morgan fingerprint density at radius 2 is 2.22 bits per heavy atom. The van der Waals surface area contributed by atoms with Crippen LogP contribution in [0.25, 0.3) is 0 Å². The zero-order valence-corrected chi connectivity index (χ0v) is 11.4. The normalized spacial score (nSPS) is 23.3. The van der Waals surface area contributed by atoms with Crippen molar-refractivity contribution >= 4 is 5.69 Å². The fraction of sp³-hybridized carbons (Fsp3) is 0.600. The highest BCUT2D eigenvalue weighted by molar-refractivity contribution is 5.49. The molecule has 1 aliphatic rings. The summed E-state index contributed by atoms with van der Waals surface area (Å²) in [5, 5.41) is 3.54. The van der Waals surface area contributed by atoms with Gasteiger partial charge >= 0.3 is 0 Å². The summed E-state index contributed by atoms with van der Waals surface area (Å²) in [6.45, 7) is 5.07. The molecule has 0 aromatic heterocycles. The summed E-state index contributed by atoms with van der Waals surface area (Å²) in [5.74, 6) is 1.49. The van der Waals surface area contributed by atoms with Crippen LogP contribution in [0.4, 0.5) is 5.69 Å². The number of hydrogen-bond donors (Lipinski definition) is 2. The number of nitrogens with two attached hydrogens (primary N) is 1. The van der Waals surface area contributed by atoms with Crippen LogP contribution < -0.4 is 15.8 Å². The Hall–Kier alpha value is -1.22. The molecule has 0 amide bonds. The van der Waals surface area contributed by atoms with E-state index in [0.717, 1.165) is 37.3 Å². The molecule has 2 rings (SSSR count). The average molecular weight is 248 g/mol. The van der Waals surface area contributed by atoms with E-state index in [-0.39, 0.29) is 0 Å². The summed E-state index contributed by atoms with van der Waals surface area (Å²) in [6.07, 6.45) is 3.36. The predicted molar refractivity (Wildman–Crippen MR) is 76.0 cm³/mol. The van der Waals surface area contributed by atoms with Crippen LogP contribution in [-0.4, -0.2) is 18.7 Å². The second-order valence-corrected chi connectivity index (χ2v) is 5.65. The molecule has 0 spiro atoms. The summed E-state index contributed by atoms with van der Waals surface area (Å²) < 4.78 is 5.73. The van der Waals surface area contributed by atoms with E-state index in [4.69, 9.17) is 10.5 Å². The van der Waals surface area contributed by atoms with E-state index in [9.17, 15) is 0 Å². The molecule has 0 bridgehead atoms. The first-order valence-electron chi connectivity index (χ1n) is 6.88. The van der Waals surface area contributed by atoms with Crippen molar-refractivity contribution in [3.05, 3.63) is 24.3 Å². The van der Waals surface area contributed by atoms with Gasteiger partial charge < -0.3 is 15.8 Å². The highest BCUT2D eigenvalue weighted by Crippen LogP contribution is 2.24. The van der Waals surface area contributed by atoms with Crippen LogP contribution in [0.15, 0.2) is 24.3 Å². The summed E-state index contributed by atoms with van der Waals surface area (Å²) in [6, 6.07) is 9.09. The second kappa shape index (κ2) is 6.10. The van der Waals surface area contributed by atoms with Crippen LogP contribution >= 0.6 is 0 Å². The molecule has 3 nitrogen and oxygen atoms in total. The van der Waals surface area contributed by atoms with E-state index < -0.39 is 0 Å². The summed E-state index contributed by atoms with van der Waals surface area (Å²) >= 11 is 0. The van der Waals surface area contributed by atoms with Crippen molar-refractivity contribution in [2.75, 3.05) is 11.9 Å². The molecule has 3 heteroatoms. The molecule has 2 unspecified atom stereocenters. The van der Waals surface area contributed by atoms with Crippen LogP contribution in [0.1, 0.15) is 33.1 Å². The molecule has 0 saturated heterocycles. The van der Waals surface area contributed by atoms with Gasteiger partial charge in [0.1, 0.15) is 5.75 Å². The van der Waals surface area contributed by atoms with Gasteiger partial charge in [-0.3, -0.25) is 0 Å². The molecular weight excluding hydrogens is 224 g/mol. The third kappa shape index (κ3) is 3.91. The van der Waals surface area contributed by atoms with E-state index in [2.05, 4.69) is 31.3 Å². The Kier molecular flexibility index (Phi) is 4.48. The molecule has 100 valence electrons. The smallest absolute Gasteiger partial charge is 0.121 e. The van der Waals surface area contributed by atoms with Crippen LogP contribution in [0.2, 0.25) is 0 Å². The molecule has 0 heterocycles. The van der Waals surface area contributed by atoms with Crippen LogP contribution in [0, 0.1) is 5.92 Å². The Bertz CT molecular complexity index is 379. The minimum absolute atomic E-state index is 0.364. The predicted octanol–water partition coefficient (Wildman–Crippen LogP) is 3.01. The highest BCUT2D eigenvalue weighted by Gasteiger charge is 2.21. The maximum absolute atomic E-state index is 5.92. The van der Waals surface area contributed by atoms with Crippen molar-refractivity contribution in [1.82, 2.24) is 0 Å². The molecule has 3 N–H and O–H groups in total. The number of benzene rings is 1. The van der Waals surface area contributed by atoms with Crippen LogP contribution in [0.3, 0.4) is 0 Å². The lowest BCUT2D eigenvalue weighted by molar-refractivity contribution is 0.271. The van der Waals surface area contributed by atoms with Gasteiger partial charge in [0.25, 0.3) is 0 Å². The summed E-state index contributed by atoms with van der Waals surface area (Å²) in [5.41, 5.74) is 7.06. The van der Waals surface area contributed by atoms with Crippen molar-refractivity contribution in [2.45, 2.75) is 45.2 Å². The fourth-order valence-electron chi connectivity index (χ4n) is 2.32. The number of rotatable bonds is 5. The van der Waals surface area contributed by atoms with Crippen molar-refractivity contribution in [2.24, 2.45) is 11.7 Å². The van der Waals surface area contributed by atoms with Crippen molar-refractivity contribution in [3.63, 3.8) is 0 Å². The zero-order valence-electron chi connectivity index (χ0n) is 11.4. The first kappa shape index (κ1) is 13.2. The van der Waals surface area contributed by atoms with Gasteiger partial charge in [-0.15, -0.1) is 0 Å². The van der Waals surface area contributed by atoms with Gasteiger partial charge in [-0.2, -0.15) is 0 Å². The van der Waals surface area contributed by atoms with Gasteiger partial charge in [0, 0.05) is 23.8 Å². The minimum Gasteiger partial charge on any atom is -0.493 e. The fourth-order valence-corrected chi connectivity index (χ4v) is 2.32. The molecule has 1 aromatic carbocycles. The zero-order chi connectivity index (χ0) is 13.0. The second-order valence-electron chi connectivity index (χ2n) is 5.65. The van der Waals surface area contributed by atoms with E-state index in [1.807, 2.05) is 12.1 Å². The lowest BCUT2D eigenvalue weighted by atomic mass is 10.2. The molecule has 18 heavy (non-hydrogen) atoms. The monoisotopic (exact) mass is 248 g/mol. The first-order valence-corrected chi connectivity index (χ1v) is 6.88. The van der Waals surface area contributed by atoms with Crippen LogP contribution in [-0.2, 0) is 0 Å². The lowest BCUT2D eigenvalue weighted by Crippen LogP contribution is -2.20. The quantitative estimate of drug-likeness (QED) is 0.842. The SMILES string of the molecule is CC(C)COc1cccc(NC2CCC(N)C2)c1. The number of ether oxygens (including phenoxy) is 1. The highest BCUT2D eigenvalue weighted by atomic mass is 16.5. The third-order valence-corrected chi connectivity index (χ3v) is 3.26. The average Bonchev–Trinajstić information content (AvgIpc) is 2.73. The maximum Gasteiger partial charge on any atom is 0.121 e. The Balaban J connectivity index is 1.90. The largest absolute Gasteiger partial charge is 0.493 e. The van der Waals surface area contributed by atoms with Crippen LogP contribution in [0.5, 0.6) is 5.75 Å². The van der Waals surface area contributed by atoms with Gasteiger partial charge in [0.05, 0.1) is 6.61 Å². The number of nitrogens with one attached hydrogen (secondary N) is 1. The molecule has 2 atom stereocenters. The Morgan fingerprint density at radius 3 is 2.89 bits per heavy atom. The third-order valence-electron chi connectivity index (χ3n) is 3.26. The molecular formula is C15H24N2O. The minimum atomic E-state index is 0.364. The van der Waals surface area contributed by atoms with E-state index in [1.165, 1.54) is 0 Å². The standard InChI is InChI=1S/C15H24N2O/c1-11(2)10-18-15-5-3-4-13(9-15)17-14-7-6-12(16)8-14/h3-5,9,11-12,14,17H,6-8,10,16H2,1-2H3. The number of hydrogen-bond acceptors (Lipinski definition) is 3. The molecule has 1 fully saturated rings. The van der Waals surface area contributed by atoms with Gasteiger partial charge in [-0.05, 0) is 37.3 Å². The molecule has 0 aliphatic heterocycles. The molecule has 1 saturated carbocycles. The Labute approximate surface area is 110 Å². The Morgan fingerprint density at radius 1 is 1.39 bits per heavy atom. The lowest BCUT2D eigenvalue weighted by Gasteiger charge is -2.15. The van der Waals surface area contributed by atoms with E-state index >= 15 is 0 Å². The van der Waals surface area contributed by atoms with E-state index in [0.29, 0.717) is 18.0 Å². The number of anilines is 1. The van der Waals surface area contributed by atoms with E-state index in [1.54, 1.807) is 0 Å². The summed E-state index contributed by atoms with van der Waals surface area (Å²) in [7, 11) is 0. The molecule has 1 aliphatic carbocycles.